The Morgan fingerprint density at radius 1 is 1.17 bits per heavy atom. The third kappa shape index (κ3) is 5.76. The molecular formula is C28H32Cl2F3NO2. The molecule has 1 N–H and O–H groups in total. The lowest BCUT2D eigenvalue weighted by Gasteiger charge is -2.53. The van der Waals surface area contributed by atoms with Crippen LogP contribution in [0, 0.1) is 5.41 Å². The molecule has 0 spiro atoms. The fourth-order valence-corrected chi connectivity index (χ4v) is 5.63. The fraction of sp³-hybridized carbons (Fsp3) is 0.464. The van der Waals surface area contributed by atoms with Crippen molar-refractivity contribution >= 4 is 29.1 Å². The zero-order chi connectivity index (χ0) is 26.9. The molecule has 1 amide bonds. The Balaban J connectivity index is 2.24. The van der Waals surface area contributed by atoms with E-state index in [0.29, 0.717) is 22.9 Å². The van der Waals surface area contributed by atoms with Crippen LogP contribution in [-0.4, -0.2) is 33.7 Å². The highest BCUT2D eigenvalue weighted by Crippen LogP contribution is 2.53. The molecule has 0 aromatic heterocycles. The van der Waals surface area contributed by atoms with Crippen molar-refractivity contribution in [3.63, 3.8) is 0 Å². The summed E-state index contributed by atoms with van der Waals surface area (Å²) in [6.45, 7) is 8.14. The number of alkyl halides is 3. The predicted molar refractivity (Wildman–Crippen MR) is 138 cm³/mol. The van der Waals surface area contributed by atoms with Crippen molar-refractivity contribution in [3.8, 4) is 0 Å². The average Bonchev–Trinajstić information content (AvgIpc) is 2.79. The van der Waals surface area contributed by atoms with E-state index in [0.717, 1.165) is 18.1 Å². The Morgan fingerprint density at radius 2 is 1.81 bits per heavy atom. The Morgan fingerprint density at radius 3 is 2.33 bits per heavy atom. The van der Waals surface area contributed by atoms with Crippen LogP contribution < -0.4 is 0 Å². The molecule has 196 valence electrons. The molecule has 36 heavy (non-hydrogen) atoms. The maximum absolute atomic E-state index is 14.1. The summed E-state index contributed by atoms with van der Waals surface area (Å²) in [4.78, 5) is 15.7. The van der Waals surface area contributed by atoms with Gasteiger partial charge in [-0.25, -0.2) is 0 Å². The fourth-order valence-electron chi connectivity index (χ4n) is 5.30. The SMILES string of the molecule is C=CC[C@@]1(C)C[C@H](c2cccc(Cl)c2)C(c2ccc(Cl)cc2)N(C(CC)C[C@](C)(O)C(F)(F)F)C1=O. The number of hydrogen-bond acceptors (Lipinski definition) is 2. The predicted octanol–water partition coefficient (Wildman–Crippen LogP) is 8.12. The van der Waals surface area contributed by atoms with Gasteiger partial charge in [-0.3, -0.25) is 4.79 Å². The second kappa shape index (κ2) is 10.8. The second-order valence-electron chi connectivity index (χ2n) is 10.2. The Labute approximate surface area is 220 Å². The zero-order valence-corrected chi connectivity index (χ0v) is 22.2. The van der Waals surface area contributed by atoms with E-state index in [2.05, 4.69) is 6.58 Å². The molecule has 1 fully saturated rings. The molecule has 0 bridgehead atoms. The number of carbonyl (C=O) groups excluding carboxylic acids is 1. The number of carbonyl (C=O) groups is 1. The van der Waals surface area contributed by atoms with Gasteiger partial charge in [-0.2, -0.15) is 13.2 Å². The standard InChI is InChI=1S/C28H32Cl2F3NO2/c1-5-14-26(3)17-23(19-8-7-9-21(30)15-19)24(18-10-12-20(29)13-11-18)34(25(26)35)22(6-2)16-27(4,36)28(31,32)33/h5,7-13,15,22-24,36H,1,6,14,16-17H2,2-4H3/t22?,23-,24?,26+,27+/m1/s1. The van der Waals surface area contributed by atoms with Gasteiger partial charge < -0.3 is 10.0 Å². The van der Waals surface area contributed by atoms with Crippen molar-refractivity contribution < 1.29 is 23.1 Å². The molecule has 5 atom stereocenters. The van der Waals surface area contributed by atoms with Crippen molar-refractivity contribution in [1.29, 1.82) is 0 Å². The monoisotopic (exact) mass is 541 g/mol. The number of hydrogen-bond donors (Lipinski definition) is 1. The van der Waals surface area contributed by atoms with E-state index >= 15 is 0 Å². The molecule has 0 saturated carbocycles. The average molecular weight is 542 g/mol. The number of nitrogens with zero attached hydrogens (tertiary/aromatic N) is 1. The lowest BCUT2D eigenvalue weighted by molar-refractivity contribution is -0.259. The minimum absolute atomic E-state index is 0.231. The zero-order valence-electron chi connectivity index (χ0n) is 20.7. The number of rotatable bonds is 8. The molecule has 2 aromatic carbocycles. The Kier molecular flexibility index (Phi) is 8.54. The first-order valence-electron chi connectivity index (χ1n) is 12.0. The first kappa shape index (κ1) is 28.5. The van der Waals surface area contributed by atoms with Gasteiger partial charge in [0.25, 0.3) is 0 Å². The Bertz CT molecular complexity index is 1090. The summed E-state index contributed by atoms with van der Waals surface area (Å²) in [7, 11) is 0. The summed E-state index contributed by atoms with van der Waals surface area (Å²) in [6.07, 6.45) is -2.77. The molecule has 1 heterocycles. The van der Waals surface area contributed by atoms with Gasteiger partial charge >= 0.3 is 6.18 Å². The molecule has 3 nitrogen and oxygen atoms in total. The van der Waals surface area contributed by atoms with E-state index in [-0.39, 0.29) is 18.2 Å². The summed E-state index contributed by atoms with van der Waals surface area (Å²) in [5.74, 6) is -0.525. The molecule has 1 aliphatic rings. The quantitative estimate of drug-likeness (QED) is 0.343. The maximum Gasteiger partial charge on any atom is 0.416 e. The minimum Gasteiger partial charge on any atom is -0.381 e. The van der Waals surface area contributed by atoms with Crippen LogP contribution in [0.2, 0.25) is 10.0 Å². The van der Waals surface area contributed by atoms with Gasteiger partial charge in [-0.1, -0.05) is 67.4 Å². The molecule has 1 saturated heterocycles. The number of amides is 1. The maximum atomic E-state index is 14.1. The number of likely N-dealkylation sites (tertiary alicyclic amines) is 1. The van der Waals surface area contributed by atoms with Crippen LogP contribution in [-0.2, 0) is 4.79 Å². The number of benzene rings is 2. The summed E-state index contributed by atoms with van der Waals surface area (Å²) in [6, 6.07) is 12.9. The van der Waals surface area contributed by atoms with Gasteiger partial charge in [0, 0.05) is 28.4 Å². The van der Waals surface area contributed by atoms with Gasteiger partial charge in [0.2, 0.25) is 5.91 Å². The van der Waals surface area contributed by atoms with E-state index < -0.39 is 35.7 Å². The van der Waals surface area contributed by atoms with E-state index in [1.807, 2.05) is 25.1 Å². The summed E-state index contributed by atoms with van der Waals surface area (Å²) in [5, 5.41) is 11.4. The van der Waals surface area contributed by atoms with Gasteiger partial charge in [0.05, 0.1) is 11.5 Å². The van der Waals surface area contributed by atoms with Crippen molar-refractivity contribution in [3.05, 3.63) is 82.4 Å². The van der Waals surface area contributed by atoms with Gasteiger partial charge in [-0.15, -0.1) is 6.58 Å². The molecule has 0 radical (unpaired) electrons. The largest absolute Gasteiger partial charge is 0.416 e. The lowest BCUT2D eigenvalue weighted by atomic mass is 9.66. The van der Waals surface area contributed by atoms with E-state index in [1.165, 1.54) is 0 Å². The molecule has 2 unspecified atom stereocenters. The first-order valence-corrected chi connectivity index (χ1v) is 12.7. The molecular weight excluding hydrogens is 510 g/mol. The van der Waals surface area contributed by atoms with E-state index in [1.54, 1.807) is 48.2 Å². The third-order valence-electron chi connectivity index (χ3n) is 7.29. The Hall–Kier alpha value is -2.02. The smallest absolute Gasteiger partial charge is 0.381 e. The number of allylic oxidation sites excluding steroid dienone is 1. The molecule has 8 heteroatoms. The first-order chi connectivity index (χ1) is 16.7. The van der Waals surface area contributed by atoms with Crippen LogP contribution in [0.25, 0.3) is 0 Å². The molecule has 2 aromatic rings. The van der Waals surface area contributed by atoms with Crippen molar-refractivity contribution in [2.24, 2.45) is 5.41 Å². The van der Waals surface area contributed by atoms with Crippen LogP contribution in [0.1, 0.15) is 69.5 Å². The topological polar surface area (TPSA) is 40.5 Å². The van der Waals surface area contributed by atoms with Gasteiger partial charge in [0.1, 0.15) is 0 Å². The van der Waals surface area contributed by atoms with Crippen molar-refractivity contribution in [2.75, 3.05) is 0 Å². The summed E-state index contributed by atoms with van der Waals surface area (Å²) < 4.78 is 41.2. The van der Waals surface area contributed by atoms with Crippen LogP contribution in [0.3, 0.4) is 0 Å². The molecule has 1 aliphatic heterocycles. The second-order valence-corrected chi connectivity index (χ2v) is 11.0. The highest BCUT2D eigenvalue weighted by Gasteiger charge is 2.55. The normalized spacial score (nSPS) is 25.4. The van der Waals surface area contributed by atoms with Crippen LogP contribution in [0.4, 0.5) is 13.2 Å². The number of halogens is 5. The van der Waals surface area contributed by atoms with Crippen molar-refractivity contribution in [2.45, 2.75) is 76.2 Å². The van der Waals surface area contributed by atoms with Crippen LogP contribution >= 0.6 is 23.2 Å². The minimum atomic E-state index is -4.84. The van der Waals surface area contributed by atoms with Crippen LogP contribution in [0.15, 0.2) is 61.2 Å². The summed E-state index contributed by atoms with van der Waals surface area (Å²) in [5.41, 5.74) is -2.22. The van der Waals surface area contributed by atoms with Crippen LogP contribution in [0.5, 0.6) is 0 Å². The number of piperidine rings is 1. The molecule has 0 aliphatic carbocycles. The third-order valence-corrected chi connectivity index (χ3v) is 7.78. The molecule has 3 rings (SSSR count). The van der Waals surface area contributed by atoms with E-state index in [9.17, 15) is 23.1 Å². The highest BCUT2D eigenvalue weighted by molar-refractivity contribution is 6.30. The van der Waals surface area contributed by atoms with Crippen molar-refractivity contribution in [1.82, 2.24) is 4.90 Å². The highest BCUT2D eigenvalue weighted by atomic mass is 35.5. The van der Waals surface area contributed by atoms with E-state index in [4.69, 9.17) is 23.2 Å². The lowest BCUT2D eigenvalue weighted by Crippen LogP contribution is -2.58. The number of aliphatic hydroxyl groups is 1. The van der Waals surface area contributed by atoms with Gasteiger partial charge in [-0.05, 0) is 61.6 Å². The van der Waals surface area contributed by atoms with Gasteiger partial charge in [0.15, 0.2) is 5.60 Å². The summed E-state index contributed by atoms with van der Waals surface area (Å²) >= 11 is 12.5.